The molecule has 0 unspecified atom stereocenters. The number of esters is 1. The highest BCUT2D eigenvalue weighted by Crippen LogP contribution is 2.03. The van der Waals surface area contributed by atoms with Crippen LogP contribution in [0.4, 0.5) is 0 Å². The van der Waals surface area contributed by atoms with Crippen molar-refractivity contribution in [1.82, 2.24) is 0 Å². The lowest BCUT2D eigenvalue weighted by atomic mass is 10.1. The van der Waals surface area contributed by atoms with Gasteiger partial charge in [0.05, 0.1) is 18.9 Å². The lowest BCUT2D eigenvalue weighted by Crippen LogP contribution is -2.13. The van der Waals surface area contributed by atoms with Crippen molar-refractivity contribution in [2.24, 2.45) is 0 Å². The number of carbonyl (C=O) groups is 1. The van der Waals surface area contributed by atoms with Gasteiger partial charge in [-0.05, 0) is 5.56 Å². The molecule has 1 aromatic rings. The van der Waals surface area contributed by atoms with E-state index in [1.807, 2.05) is 36.4 Å². The molecule has 0 fully saturated rings. The number of rotatable bonds is 6. The smallest absolute Gasteiger partial charge is 0.311 e. The Morgan fingerprint density at radius 3 is 2.71 bits per heavy atom. The fraction of sp³-hybridized carbons (Fsp3) is 0.308. The second-order valence-electron chi connectivity index (χ2n) is 3.57. The van der Waals surface area contributed by atoms with Crippen molar-refractivity contribution in [3.8, 4) is 6.07 Å². The van der Waals surface area contributed by atoms with Crippen LogP contribution in [0.2, 0.25) is 0 Å². The average Bonchev–Trinajstić information content (AvgIpc) is 2.30. The van der Waals surface area contributed by atoms with E-state index < -0.39 is 5.97 Å². The molecule has 88 valence electrons. The molecule has 0 saturated carbocycles. The Balaban J connectivity index is 2.30. The summed E-state index contributed by atoms with van der Waals surface area (Å²) in [4.78, 5) is 11.2. The van der Waals surface area contributed by atoms with Gasteiger partial charge >= 0.3 is 5.97 Å². The van der Waals surface area contributed by atoms with Gasteiger partial charge in [0.15, 0.2) is 0 Å². The first-order valence-electron chi connectivity index (χ1n) is 5.35. The van der Waals surface area contributed by atoms with E-state index in [2.05, 4.69) is 0 Å². The number of hydrogen-bond donors (Lipinski definition) is 1. The first-order chi connectivity index (χ1) is 8.22. The molecule has 0 aliphatic rings. The molecule has 0 spiro atoms. The highest BCUT2D eigenvalue weighted by Gasteiger charge is 2.07. The number of carbonyl (C=O) groups excluding carboxylic acids is 1. The lowest BCUT2D eigenvalue weighted by Gasteiger charge is -2.04. The Morgan fingerprint density at radius 2 is 2.06 bits per heavy atom. The molecule has 0 amide bonds. The van der Waals surface area contributed by atoms with Crippen LogP contribution in [0.5, 0.6) is 0 Å². The molecule has 17 heavy (non-hydrogen) atoms. The van der Waals surface area contributed by atoms with E-state index in [-0.39, 0.29) is 19.4 Å². The maximum atomic E-state index is 11.2. The van der Waals surface area contributed by atoms with Crippen molar-refractivity contribution < 1.29 is 9.53 Å². The molecule has 1 aromatic carbocycles. The molecule has 0 aromatic heterocycles. The predicted molar refractivity (Wildman–Crippen MR) is 63.7 cm³/mol. The summed E-state index contributed by atoms with van der Waals surface area (Å²) in [7, 11) is 0. The van der Waals surface area contributed by atoms with Gasteiger partial charge in [-0.25, -0.2) is 0 Å². The van der Waals surface area contributed by atoms with Crippen LogP contribution in [0.3, 0.4) is 0 Å². The standard InChI is InChI=1S/C13H14N2O2/c14-7-4-8-17-13(16)10-12(15)9-11-5-2-1-3-6-11/h1-3,5-6,15H,4,8-10H2. The molecular formula is C13H14N2O2. The molecule has 0 atom stereocenters. The summed E-state index contributed by atoms with van der Waals surface area (Å²) in [5, 5.41) is 15.9. The zero-order valence-corrected chi connectivity index (χ0v) is 9.48. The number of benzene rings is 1. The number of nitriles is 1. The topological polar surface area (TPSA) is 73.9 Å². The monoisotopic (exact) mass is 230 g/mol. The largest absolute Gasteiger partial charge is 0.464 e. The van der Waals surface area contributed by atoms with E-state index in [9.17, 15) is 4.79 Å². The van der Waals surface area contributed by atoms with Crippen LogP contribution in [-0.4, -0.2) is 18.3 Å². The Morgan fingerprint density at radius 1 is 1.35 bits per heavy atom. The number of nitrogens with one attached hydrogen (secondary N) is 1. The Kier molecular flexibility index (Phi) is 5.45. The summed E-state index contributed by atoms with van der Waals surface area (Å²) in [5.41, 5.74) is 1.32. The number of hydrogen-bond acceptors (Lipinski definition) is 4. The van der Waals surface area contributed by atoms with Crippen LogP contribution in [0, 0.1) is 16.7 Å². The zero-order chi connectivity index (χ0) is 12.5. The van der Waals surface area contributed by atoms with Crippen LogP contribution in [0.25, 0.3) is 0 Å². The average molecular weight is 230 g/mol. The first kappa shape index (κ1) is 12.9. The van der Waals surface area contributed by atoms with E-state index in [0.717, 1.165) is 5.56 Å². The van der Waals surface area contributed by atoms with E-state index in [1.54, 1.807) is 0 Å². The highest BCUT2D eigenvalue weighted by molar-refractivity contribution is 5.98. The minimum absolute atomic E-state index is 0.0136. The maximum absolute atomic E-state index is 11.2. The Hall–Kier alpha value is -2.15. The third-order valence-electron chi connectivity index (χ3n) is 2.09. The molecule has 4 nitrogen and oxygen atoms in total. The molecule has 4 heteroatoms. The van der Waals surface area contributed by atoms with Gasteiger partial charge in [0.1, 0.15) is 6.61 Å². The Labute approximate surface area is 100 Å². The number of nitrogens with zero attached hydrogens (tertiary/aromatic N) is 1. The quantitative estimate of drug-likeness (QED) is 0.462. The van der Waals surface area contributed by atoms with Gasteiger partial charge in [0, 0.05) is 12.1 Å². The zero-order valence-electron chi connectivity index (χ0n) is 9.48. The van der Waals surface area contributed by atoms with Crippen LogP contribution >= 0.6 is 0 Å². The van der Waals surface area contributed by atoms with E-state index in [0.29, 0.717) is 12.1 Å². The number of ether oxygens (including phenoxy) is 1. The van der Waals surface area contributed by atoms with Crippen molar-refractivity contribution in [3.63, 3.8) is 0 Å². The second-order valence-corrected chi connectivity index (χ2v) is 3.57. The fourth-order valence-electron chi connectivity index (χ4n) is 1.34. The summed E-state index contributed by atoms with van der Waals surface area (Å²) >= 11 is 0. The summed E-state index contributed by atoms with van der Waals surface area (Å²) in [6, 6.07) is 11.4. The molecule has 1 rings (SSSR count). The highest BCUT2D eigenvalue weighted by atomic mass is 16.5. The molecular weight excluding hydrogens is 216 g/mol. The molecule has 0 saturated heterocycles. The minimum Gasteiger partial charge on any atom is -0.464 e. The van der Waals surface area contributed by atoms with Gasteiger partial charge in [-0.3, -0.25) is 4.79 Å². The van der Waals surface area contributed by atoms with Crippen molar-refractivity contribution >= 4 is 11.7 Å². The lowest BCUT2D eigenvalue weighted by molar-refractivity contribution is -0.141. The third-order valence-corrected chi connectivity index (χ3v) is 2.09. The second kappa shape index (κ2) is 7.18. The maximum Gasteiger partial charge on any atom is 0.311 e. The van der Waals surface area contributed by atoms with Gasteiger partial charge in [-0.2, -0.15) is 5.26 Å². The molecule has 0 radical (unpaired) electrons. The SMILES string of the molecule is N#CCCOC(=O)CC(=N)Cc1ccccc1. The molecule has 0 bridgehead atoms. The summed E-state index contributed by atoms with van der Waals surface area (Å²) in [5.74, 6) is -0.443. The summed E-state index contributed by atoms with van der Waals surface area (Å²) in [6.45, 7) is 0.105. The summed E-state index contributed by atoms with van der Waals surface area (Å²) < 4.78 is 4.79. The van der Waals surface area contributed by atoms with Crippen LogP contribution in [0.15, 0.2) is 30.3 Å². The van der Waals surface area contributed by atoms with Gasteiger partial charge in [0.2, 0.25) is 0 Å². The minimum atomic E-state index is -0.443. The fourth-order valence-corrected chi connectivity index (χ4v) is 1.34. The Bertz CT molecular complexity index is 421. The first-order valence-corrected chi connectivity index (χ1v) is 5.35. The van der Waals surface area contributed by atoms with E-state index >= 15 is 0 Å². The van der Waals surface area contributed by atoms with Crippen LogP contribution in [0.1, 0.15) is 18.4 Å². The normalized spacial score (nSPS) is 9.35. The molecule has 1 N–H and O–H groups in total. The van der Waals surface area contributed by atoms with Gasteiger partial charge in [-0.1, -0.05) is 30.3 Å². The molecule has 0 aliphatic carbocycles. The van der Waals surface area contributed by atoms with E-state index in [4.69, 9.17) is 15.4 Å². The third kappa shape index (κ3) is 5.47. The van der Waals surface area contributed by atoms with Crippen molar-refractivity contribution in [2.75, 3.05) is 6.61 Å². The van der Waals surface area contributed by atoms with Gasteiger partial charge < -0.3 is 10.1 Å². The molecule has 0 heterocycles. The molecule has 0 aliphatic heterocycles. The van der Waals surface area contributed by atoms with Gasteiger partial charge in [0.25, 0.3) is 0 Å². The van der Waals surface area contributed by atoms with Crippen molar-refractivity contribution in [2.45, 2.75) is 19.3 Å². The summed E-state index contributed by atoms with van der Waals surface area (Å²) in [6.07, 6.45) is 0.631. The predicted octanol–water partition coefficient (Wildman–Crippen LogP) is 2.10. The van der Waals surface area contributed by atoms with Crippen molar-refractivity contribution in [3.05, 3.63) is 35.9 Å². The van der Waals surface area contributed by atoms with Crippen LogP contribution < -0.4 is 0 Å². The van der Waals surface area contributed by atoms with Crippen molar-refractivity contribution in [1.29, 1.82) is 10.7 Å². The van der Waals surface area contributed by atoms with E-state index in [1.165, 1.54) is 0 Å². The van der Waals surface area contributed by atoms with Gasteiger partial charge in [-0.15, -0.1) is 0 Å². The van der Waals surface area contributed by atoms with Crippen LogP contribution in [-0.2, 0) is 16.0 Å².